The summed E-state index contributed by atoms with van der Waals surface area (Å²) in [5.41, 5.74) is 3.04. The Labute approximate surface area is 176 Å². The van der Waals surface area contributed by atoms with Crippen molar-refractivity contribution in [1.82, 2.24) is 10.2 Å². The van der Waals surface area contributed by atoms with Crippen molar-refractivity contribution in [3.05, 3.63) is 56.8 Å². The summed E-state index contributed by atoms with van der Waals surface area (Å²) in [7, 11) is 0. The van der Waals surface area contributed by atoms with Gasteiger partial charge in [-0.2, -0.15) is 0 Å². The molecule has 0 unspecified atom stereocenters. The number of aryl methyl sites for hydroxylation is 2. The second-order valence-corrected chi connectivity index (χ2v) is 9.31. The van der Waals surface area contributed by atoms with E-state index in [2.05, 4.69) is 22.3 Å². The Hall–Kier alpha value is -2.02. The fraction of sp³-hybridized carbons (Fsp3) is 0.478. The number of nitrogens with one attached hydrogen (secondary N) is 1. The Balaban J connectivity index is 1.39. The first-order valence-electron chi connectivity index (χ1n) is 10.3. The average molecular weight is 415 g/mol. The highest BCUT2D eigenvalue weighted by molar-refractivity contribution is 7.12. The molecular weight excluding hydrogens is 384 g/mol. The zero-order chi connectivity index (χ0) is 20.8. The lowest BCUT2D eigenvalue weighted by atomic mass is 10.1. The van der Waals surface area contributed by atoms with E-state index in [9.17, 15) is 14.7 Å². The van der Waals surface area contributed by atoms with E-state index in [0.29, 0.717) is 6.54 Å². The van der Waals surface area contributed by atoms with Crippen LogP contribution >= 0.6 is 11.3 Å². The van der Waals surface area contributed by atoms with E-state index in [0.717, 1.165) is 53.4 Å². The lowest BCUT2D eigenvalue weighted by molar-refractivity contribution is -0.121. The quantitative estimate of drug-likeness (QED) is 0.648. The lowest BCUT2D eigenvalue weighted by Gasteiger charge is -2.29. The van der Waals surface area contributed by atoms with Crippen LogP contribution in [0.1, 0.15) is 56.9 Å². The van der Waals surface area contributed by atoms with Crippen LogP contribution in [-0.4, -0.2) is 40.9 Å². The normalized spacial score (nSPS) is 15.4. The van der Waals surface area contributed by atoms with Gasteiger partial charge in [-0.1, -0.05) is 24.3 Å². The molecule has 2 N–H and O–H groups in total. The highest BCUT2D eigenvalue weighted by atomic mass is 32.1. The first kappa shape index (κ1) is 21.7. The molecule has 0 spiro atoms. The van der Waals surface area contributed by atoms with Crippen LogP contribution in [0.5, 0.6) is 0 Å². The molecule has 1 aliphatic heterocycles. The van der Waals surface area contributed by atoms with Crippen molar-refractivity contribution in [2.45, 2.75) is 58.7 Å². The van der Waals surface area contributed by atoms with E-state index in [1.807, 2.05) is 32.0 Å². The topological polar surface area (TPSA) is 69.6 Å². The van der Waals surface area contributed by atoms with Crippen LogP contribution in [0.3, 0.4) is 0 Å². The maximum atomic E-state index is 12.3. The molecule has 1 fully saturated rings. The molecule has 0 aliphatic carbocycles. The fourth-order valence-electron chi connectivity index (χ4n) is 3.66. The number of amides is 1. The molecule has 1 aromatic carbocycles. The third kappa shape index (κ3) is 6.49. The van der Waals surface area contributed by atoms with Crippen LogP contribution < -0.4 is 5.32 Å². The van der Waals surface area contributed by atoms with Crippen LogP contribution in [0.15, 0.2) is 30.3 Å². The Bertz CT molecular complexity index is 836. The third-order valence-electron chi connectivity index (χ3n) is 5.40. The van der Waals surface area contributed by atoms with E-state index in [-0.39, 0.29) is 30.6 Å². The summed E-state index contributed by atoms with van der Waals surface area (Å²) in [6, 6.07) is 10.2. The van der Waals surface area contributed by atoms with Gasteiger partial charge < -0.3 is 10.4 Å². The predicted octanol–water partition coefficient (Wildman–Crippen LogP) is 3.60. The van der Waals surface area contributed by atoms with Gasteiger partial charge in [-0.05, 0) is 43.9 Å². The van der Waals surface area contributed by atoms with Crippen molar-refractivity contribution in [1.29, 1.82) is 0 Å². The molecule has 0 bridgehead atoms. The van der Waals surface area contributed by atoms with E-state index >= 15 is 0 Å². The van der Waals surface area contributed by atoms with Crippen LogP contribution in [0.2, 0.25) is 0 Å². The molecule has 1 amide bonds. The number of benzene rings is 1. The number of aliphatic hydroxyl groups is 1. The fourth-order valence-corrected chi connectivity index (χ4v) is 4.60. The van der Waals surface area contributed by atoms with Gasteiger partial charge in [0, 0.05) is 54.3 Å². The van der Waals surface area contributed by atoms with Gasteiger partial charge in [0.25, 0.3) is 0 Å². The van der Waals surface area contributed by atoms with Gasteiger partial charge in [0.1, 0.15) is 0 Å². The van der Waals surface area contributed by atoms with Crippen LogP contribution in [0.4, 0.5) is 0 Å². The summed E-state index contributed by atoms with van der Waals surface area (Å²) in [6.07, 6.45) is 2.00. The summed E-state index contributed by atoms with van der Waals surface area (Å²) < 4.78 is 0. The van der Waals surface area contributed by atoms with E-state index in [1.54, 1.807) is 11.3 Å². The molecule has 1 aliphatic rings. The van der Waals surface area contributed by atoms with Crippen LogP contribution in [0, 0.1) is 13.8 Å². The first-order chi connectivity index (χ1) is 13.9. The summed E-state index contributed by atoms with van der Waals surface area (Å²) in [6.45, 7) is 7.17. The third-order valence-corrected chi connectivity index (χ3v) is 6.36. The minimum absolute atomic E-state index is 0.0385. The van der Waals surface area contributed by atoms with Gasteiger partial charge in [-0.25, -0.2) is 0 Å². The standard InChI is InChI=1S/C23H30N2O3S/c1-16-13-21(17(2)29-16)22(27)7-8-23(28)24-14-18-3-5-19(6-4-18)15-25-11-9-20(26)10-12-25/h3-6,13,20,26H,7-12,14-15H2,1-2H3,(H,24,28). The number of hydrogen-bond donors (Lipinski definition) is 2. The number of likely N-dealkylation sites (tertiary alicyclic amines) is 1. The second-order valence-electron chi connectivity index (χ2n) is 7.85. The zero-order valence-corrected chi connectivity index (χ0v) is 18.1. The number of Topliss-reactive ketones (excluding diaryl/α,β-unsaturated/α-hetero) is 1. The molecule has 1 saturated heterocycles. The molecule has 0 saturated carbocycles. The molecule has 2 heterocycles. The number of hydrogen-bond acceptors (Lipinski definition) is 5. The molecule has 0 radical (unpaired) electrons. The van der Waals surface area contributed by atoms with E-state index in [1.165, 1.54) is 5.56 Å². The number of carbonyl (C=O) groups excluding carboxylic acids is 2. The van der Waals surface area contributed by atoms with Gasteiger partial charge in [-0.15, -0.1) is 11.3 Å². The molecule has 5 nitrogen and oxygen atoms in total. The summed E-state index contributed by atoms with van der Waals surface area (Å²) in [5.74, 6) is -0.0597. The van der Waals surface area contributed by atoms with Crippen molar-refractivity contribution in [3.63, 3.8) is 0 Å². The molecular formula is C23H30N2O3S. The Morgan fingerprint density at radius 2 is 1.76 bits per heavy atom. The van der Waals surface area contributed by atoms with Crippen molar-refractivity contribution < 1.29 is 14.7 Å². The summed E-state index contributed by atoms with van der Waals surface area (Å²) in [4.78, 5) is 28.9. The Morgan fingerprint density at radius 3 is 2.38 bits per heavy atom. The average Bonchev–Trinajstić information content (AvgIpc) is 3.05. The number of thiophene rings is 1. The highest BCUT2D eigenvalue weighted by Crippen LogP contribution is 2.22. The van der Waals surface area contributed by atoms with Crippen LogP contribution in [0.25, 0.3) is 0 Å². The number of aliphatic hydroxyl groups excluding tert-OH is 1. The first-order valence-corrected chi connectivity index (χ1v) is 11.1. The lowest BCUT2D eigenvalue weighted by Crippen LogP contribution is -2.35. The van der Waals surface area contributed by atoms with Crippen molar-refractivity contribution in [2.24, 2.45) is 0 Å². The minimum atomic E-state index is -0.147. The van der Waals surface area contributed by atoms with Gasteiger partial charge >= 0.3 is 0 Å². The van der Waals surface area contributed by atoms with Crippen molar-refractivity contribution >= 4 is 23.0 Å². The Morgan fingerprint density at radius 1 is 1.10 bits per heavy atom. The molecule has 1 aromatic heterocycles. The van der Waals surface area contributed by atoms with E-state index in [4.69, 9.17) is 0 Å². The monoisotopic (exact) mass is 414 g/mol. The predicted molar refractivity (Wildman–Crippen MR) is 116 cm³/mol. The van der Waals surface area contributed by atoms with Gasteiger partial charge in [0.05, 0.1) is 6.10 Å². The number of nitrogens with zero attached hydrogens (tertiary/aromatic N) is 1. The summed E-state index contributed by atoms with van der Waals surface area (Å²) in [5, 5.41) is 12.5. The molecule has 6 heteroatoms. The Kier molecular flexibility index (Phi) is 7.58. The largest absolute Gasteiger partial charge is 0.393 e. The van der Waals surface area contributed by atoms with Crippen LogP contribution in [-0.2, 0) is 17.9 Å². The zero-order valence-electron chi connectivity index (χ0n) is 17.2. The number of piperidine rings is 1. The molecule has 156 valence electrons. The number of rotatable bonds is 8. The van der Waals surface area contributed by atoms with Gasteiger partial charge in [-0.3, -0.25) is 14.5 Å². The van der Waals surface area contributed by atoms with Crippen molar-refractivity contribution in [2.75, 3.05) is 13.1 Å². The number of carbonyl (C=O) groups is 2. The molecule has 3 rings (SSSR count). The molecule has 2 aromatic rings. The minimum Gasteiger partial charge on any atom is -0.393 e. The SMILES string of the molecule is Cc1cc(C(=O)CCC(=O)NCc2ccc(CN3CCC(O)CC3)cc2)c(C)s1. The van der Waals surface area contributed by atoms with Gasteiger partial charge in [0.2, 0.25) is 5.91 Å². The smallest absolute Gasteiger partial charge is 0.220 e. The number of ketones is 1. The highest BCUT2D eigenvalue weighted by Gasteiger charge is 2.17. The van der Waals surface area contributed by atoms with Gasteiger partial charge in [0.15, 0.2) is 5.78 Å². The molecule has 0 atom stereocenters. The second kappa shape index (κ2) is 10.1. The van der Waals surface area contributed by atoms with E-state index < -0.39 is 0 Å². The molecule has 29 heavy (non-hydrogen) atoms. The van der Waals surface area contributed by atoms with Crippen molar-refractivity contribution in [3.8, 4) is 0 Å². The maximum absolute atomic E-state index is 12.3. The maximum Gasteiger partial charge on any atom is 0.220 e. The summed E-state index contributed by atoms with van der Waals surface area (Å²) >= 11 is 1.62.